The van der Waals surface area contributed by atoms with Gasteiger partial charge in [0.15, 0.2) is 0 Å². The molecule has 0 N–H and O–H groups in total. The number of hydrogen-bond donors (Lipinski definition) is 0. The molecule has 3 aromatic rings. The third kappa shape index (κ3) is 4.64. The normalized spacial score (nSPS) is 15.5. The summed E-state index contributed by atoms with van der Waals surface area (Å²) in [6.45, 7) is 8.35. The number of fused-ring (bicyclic) bond motifs is 1. The van der Waals surface area contributed by atoms with E-state index in [4.69, 9.17) is 20.8 Å². The van der Waals surface area contributed by atoms with Gasteiger partial charge < -0.3 is 14.1 Å². The maximum absolute atomic E-state index is 12.9. The van der Waals surface area contributed by atoms with Crippen LogP contribution in [-0.2, 0) is 4.79 Å². The lowest BCUT2D eigenvalue weighted by atomic mass is 9.98. The summed E-state index contributed by atoms with van der Waals surface area (Å²) in [5.74, 6) is 1.48. The summed E-state index contributed by atoms with van der Waals surface area (Å²) in [5.41, 5.74) is 4.56. The van der Waals surface area contributed by atoms with Crippen LogP contribution in [0.1, 0.15) is 39.2 Å². The van der Waals surface area contributed by atoms with Gasteiger partial charge in [0.2, 0.25) is 5.91 Å². The minimum Gasteiger partial charge on any atom is -0.493 e. The second kappa shape index (κ2) is 9.19. The van der Waals surface area contributed by atoms with Gasteiger partial charge in [-0.3, -0.25) is 4.79 Å². The lowest BCUT2D eigenvalue weighted by Crippen LogP contribution is -2.36. The van der Waals surface area contributed by atoms with Crippen LogP contribution in [0.4, 0.5) is 0 Å². The quantitative estimate of drug-likeness (QED) is 0.411. The molecule has 0 spiro atoms. The number of piperidine rings is 1. The first-order valence-corrected chi connectivity index (χ1v) is 11.3. The summed E-state index contributed by atoms with van der Waals surface area (Å²) in [6, 6.07) is 11.7. The molecule has 1 amide bonds. The molecule has 0 aliphatic carbocycles. The molecular formula is C26H28ClNO3. The molecule has 0 unspecified atom stereocenters. The molecule has 5 heteroatoms. The molecule has 31 heavy (non-hydrogen) atoms. The molecule has 4 nitrogen and oxygen atoms in total. The molecule has 0 radical (unpaired) electrons. The van der Waals surface area contributed by atoms with Crippen LogP contribution in [0.3, 0.4) is 0 Å². The minimum atomic E-state index is 0.0667. The number of ether oxygens (including phenoxy) is 1. The van der Waals surface area contributed by atoms with E-state index in [9.17, 15) is 4.79 Å². The highest BCUT2D eigenvalue weighted by Gasteiger charge is 2.20. The van der Waals surface area contributed by atoms with Crippen molar-refractivity contribution in [3.63, 3.8) is 0 Å². The number of carbonyl (C=O) groups excluding carboxylic acids is 1. The summed E-state index contributed by atoms with van der Waals surface area (Å²) in [4.78, 5) is 14.8. The average Bonchev–Trinajstić information content (AvgIpc) is 3.17. The van der Waals surface area contributed by atoms with Crippen molar-refractivity contribution in [3.05, 3.63) is 59.3 Å². The molecule has 2 aromatic carbocycles. The lowest BCUT2D eigenvalue weighted by molar-refractivity contribution is -0.127. The zero-order valence-electron chi connectivity index (χ0n) is 18.3. The summed E-state index contributed by atoms with van der Waals surface area (Å²) in [6.07, 6.45) is 5.62. The van der Waals surface area contributed by atoms with Gasteiger partial charge in [0.25, 0.3) is 0 Å². The molecule has 1 aliphatic heterocycles. The number of carbonyl (C=O) groups is 1. The minimum absolute atomic E-state index is 0.0667. The van der Waals surface area contributed by atoms with Crippen molar-refractivity contribution in [1.29, 1.82) is 0 Å². The number of nitrogens with zero attached hydrogens (tertiary/aromatic N) is 1. The van der Waals surface area contributed by atoms with Gasteiger partial charge in [0.1, 0.15) is 11.3 Å². The monoisotopic (exact) mass is 437 g/mol. The Labute approximate surface area is 188 Å². The zero-order valence-corrected chi connectivity index (χ0v) is 19.0. The molecule has 1 aromatic heterocycles. The number of hydrogen-bond acceptors (Lipinski definition) is 3. The second-order valence-electron chi connectivity index (χ2n) is 8.27. The molecule has 1 saturated heterocycles. The van der Waals surface area contributed by atoms with Gasteiger partial charge in [-0.2, -0.15) is 0 Å². The van der Waals surface area contributed by atoms with E-state index < -0.39 is 0 Å². The zero-order chi connectivity index (χ0) is 22.0. The maximum atomic E-state index is 12.9. The van der Waals surface area contributed by atoms with Crippen LogP contribution in [0, 0.1) is 5.92 Å². The second-order valence-corrected chi connectivity index (χ2v) is 8.71. The number of benzene rings is 2. The first-order chi connectivity index (χ1) is 15.0. The van der Waals surface area contributed by atoms with Crippen LogP contribution >= 0.6 is 11.6 Å². The van der Waals surface area contributed by atoms with Crippen LogP contribution in [0.25, 0.3) is 27.7 Å². The Hall–Kier alpha value is -2.72. The number of halogens is 1. The van der Waals surface area contributed by atoms with Crippen molar-refractivity contribution >= 4 is 34.1 Å². The fraction of sp³-hybridized carbons (Fsp3) is 0.346. The van der Waals surface area contributed by atoms with Crippen LogP contribution < -0.4 is 4.74 Å². The third-order valence-electron chi connectivity index (χ3n) is 5.99. The van der Waals surface area contributed by atoms with E-state index in [2.05, 4.69) is 13.0 Å². The van der Waals surface area contributed by atoms with Crippen molar-refractivity contribution in [2.75, 3.05) is 19.7 Å². The number of likely N-dealkylation sites (tertiary alicyclic amines) is 1. The van der Waals surface area contributed by atoms with Crippen molar-refractivity contribution in [3.8, 4) is 16.9 Å². The van der Waals surface area contributed by atoms with Crippen LogP contribution in [0.5, 0.6) is 5.75 Å². The van der Waals surface area contributed by atoms with Gasteiger partial charge in [-0.05, 0) is 61.9 Å². The summed E-state index contributed by atoms with van der Waals surface area (Å²) >= 11 is 6.05. The molecule has 162 valence electrons. The average molecular weight is 438 g/mol. The summed E-state index contributed by atoms with van der Waals surface area (Å²) in [7, 11) is 0. The van der Waals surface area contributed by atoms with Gasteiger partial charge in [-0.1, -0.05) is 30.7 Å². The Morgan fingerprint density at radius 3 is 2.61 bits per heavy atom. The van der Waals surface area contributed by atoms with Crippen molar-refractivity contribution in [2.45, 2.75) is 33.6 Å². The van der Waals surface area contributed by atoms with Crippen molar-refractivity contribution < 1.29 is 13.9 Å². The largest absolute Gasteiger partial charge is 0.493 e. The van der Waals surface area contributed by atoms with Crippen LogP contribution in [0.15, 0.2) is 53.2 Å². The van der Waals surface area contributed by atoms with E-state index in [1.165, 1.54) is 0 Å². The fourth-order valence-electron chi connectivity index (χ4n) is 4.07. The van der Waals surface area contributed by atoms with Crippen molar-refractivity contribution in [1.82, 2.24) is 4.90 Å². The SMILES string of the molecule is CCOc1cc2occ(-c3ccc(Cl)cc3)c2cc1/C(C)=C/C(=O)N1CCC(C)CC1. The Morgan fingerprint density at radius 2 is 1.94 bits per heavy atom. The first kappa shape index (κ1) is 21.5. The number of furan rings is 1. The molecule has 1 aliphatic rings. The number of allylic oxidation sites excluding steroid dienone is 1. The summed E-state index contributed by atoms with van der Waals surface area (Å²) < 4.78 is 11.7. The standard InChI is InChI=1S/C26H28ClNO3/c1-4-30-24-15-25-22(23(16-31-25)19-5-7-20(27)8-6-19)14-21(24)18(3)13-26(29)28-11-9-17(2)10-12-28/h5-8,13-17H,4,9-12H2,1-3H3/b18-13+. The lowest BCUT2D eigenvalue weighted by Gasteiger charge is -2.29. The first-order valence-electron chi connectivity index (χ1n) is 10.9. The van der Waals surface area contributed by atoms with Crippen LogP contribution in [-0.4, -0.2) is 30.5 Å². The van der Waals surface area contributed by atoms with Crippen molar-refractivity contribution in [2.24, 2.45) is 5.92 Å². The predicted molar refractivity (Wildman–Crippen MR) is 126 cm³/mol. The molecule has 1 fully saturated rings. The van der Waals surface area contributed by atoms with E-state index >= 15 is 0 Å². The molecule has 0 saturated carbocycles. The van der Waals surface area contributed by atoms with E-state index in [1.54, 1.807) is 12.3 Å². The Morgan fingerprint density at radius 1 is 1.23 bits per heavy atom. The number of rotatable bonds is 5. The predicted octanol–water partition coefficient (Wildman–Crippen LogP) is 6.81. The Bertz CT molecular complexity index is 1110. The van der Waals surface area contributed by atoms with Gasteiger partial charge >= 0.3 is 0 Å². The van der Waals surface area contributed by atoms with Crippen LogP contribution in [0.2, 0.25) is 5.02 Å². The highest BCUT2D eigenvalue weighted by molar-refractivity contribution is 6.30. The number of amides is 1. The van der Waals surface area contributed by atoms with Gasteiger partial charge in [-0.25, -0.2) is 0 Å². The molecule has 2 heterocycles. The van der Waals surface area contributed by atoms with Gasteiger partial charge in [0, 0.05) is 46.8 Å². The Kier molecular flexibility index (Phi) is 6.38. The third-order valence-corrected chi connectivity index (χ3v) is 6.24. The van der Waals surface area contributed by atoms with E-state index in [1.807, 2.05) is 49.1 Å². The maximum Gasteiger partial charge on any atom is 0.246 e. The smallest absolute Gasteiger partial charge is 0.246 e. The molecule has 0 atom stereocenters. The topological polar surface area (TPSA) is 42.7 Å². The highest BCUT2D eigenvalue weighted by atomic mass is 35.5. The molecule has 4 rings (SSSR count). The van der Waals surface area contributed by atoms with E-state index in [0.29, 0.717) is 17.5 Å². The molecular weight excluding hydrogens is 410 g/mol. The highest BCUT2D eigenvalue weighted by Crippen LogP contribution is 2.38. The van der Waals surface area contributed by atoms with Gasteiger partial charge in [-0.15, -0.1) is 0 Å². The fourth-order valence-corrected chi connectivity index (χ4v) is 4.20. The van der Waals surface area contributed by atoms with E-state index in [-0.39, 0.29) is 5.91 Å². The van der Waals surface area contributed by atoms with E-state index in [0.717, 1.165) is 64.9 Å². The Balaban J connectivity index is 1.72. The molecule has 0 bridgehead atoms. The van der Waals surface area contributed by atoms with Gasteiger partial charge in [0.05, 0.1) is 12.9 Å². The summed E-state index contributed by atoms with van der Waals surface area (Å²) in [5, 5.41) is 1.67.